The molecule has 0 bridgehead atoms. The highest BCUT2D eigenvalue weighted by atomic mass is 16.4. The lowest BCUT2D eigenvalue weighted by Gasteiger charge is -2.28. The summed E-state index contributed by atoms with van der Waals surface area (Å²) in [5.41, 5.74) is 9.52. The molecule has 4 rings (SSSR count). The number of carboxylic acids is 1. The van der Waals surface area contributed by atoms with Gasteiger partial charge in [0.2, 0.25) is 0 Å². The Hall–Kier alpha value is -4.88. The monoisotopic (exact) mass is 568 g/mol. The lowest BCUT2D eigenvalue weighted by Crippen LogP contribution is -2.14. The van der Waals surface area contributed by atoms with Gasteiger partial charge in [-0.2, -0.15) is 5.26 Å². The van der Waals surface area contributed by atoms with Crippen molar-refractivity contribution in [3.8, 4) is 6.07 Å². The first-order valence-corrected chi connectivity index (χ1v) is 14.5. The Morgan fingerprint density at radius 1 is 0.698 bits per heavy atom. The molecule has 0 aromatic heterocycles. The number of aryl methyl sites for hydroxylation is 1. The van der Waals surface area contributed by atoms with E-state index in [0.717, 1.165) is 33.8 Å². The van der Waals surface area contributed by atoms with Crippen molar-refractivity contribution in [1.29, 1.82) is 5.26 Å². The molecular weight excluding hydrogens is 528 g/mol. The maximum atomic E-state index is 11.2. The molecule has 4 heteroatoms. The summed E-state index contributed by atoms with van der Waals surface area (Å²) >= 11 is 0. The van der Waals surface area contributed by atoms with Crippen molar-refractivity contribution in [2.24, 2.45) is 0 Å². The van der Waals surface area contributed by atoms with Crippen LogP contribution in [0.5, 0.6) is 0 Å². The van der Waals surface area contributed by atoms with Gasteiger partial charge in [-0.15, -0.1) is 0 Å². The van der Waals surface area contributed by atoms with E-state index < -0.39 is 5.97 Å². The molecule has 1 N–H and O–H groups in total. The number of anilines is 3. The summed E-state index contributed by atoms with van der Waals surface area (Å²) in [6.45, 7) is 15.4. The molecule has 0 fully saturated rings. The zero-order valence-corrected chi connectivity index (χ0v) is 26.1. The van der Waals surface area contributed by atoms with Crippen LogP contribution in [0.4, 0.5) is 17.1 Å². The molecule has 43 heavy (non-hydrogen) atoms. The van der Waals surface area contributed by atoms with Crippen LogP contribution in [-0.2, 0) is 15.6 Å². The molecule has 0 radical (unpaired) electrons. The zero-order valence-electron chi connectivity index (χ0n) is 26.1. The SMILES string of the molecule is Cc1cc(/C=C(/C#N)C(=O)O)ccc1/C=C/c1ccc(N(c2ccc(C(C)(C)C)cc2)c2ccc(C(C)(C)C)cc2)cc1. The van der Waals surface area contributed by atoms with Crippen LogP contribution >= 0.6 is 0 Å². The lowest BCUT2D eigenvalue weighted by molar-refractivity contribution is -0.132. The molecule has 218 valence electrons. The van der Waals surface area contributed by atoms with Gasteiger partial charge in [-0.1, -0.05) is 108 Å². The molecule has 0 spiro atoms. The Morgan fingerprint density at radius 2 is 1.14 bits per heavy atom. The third-order valence-electron chi connectivity index (χ3n) is 7.55. The van der Waals surface area contributed by atoms with Crippen molar-refractivity contribution >= 4 is 41.3 Å². The largest absolute Gasteiger partial charge is 0.477 e. The highest BCUT2D eigenvalue weighted by Crippen LogP contribution is 2.37. The van der Waals surface area contributed by atoms with Gasteiger partial charge in [0.1, 0.15) is 11.6 Å². The first-order valence-electron chi connectivity index (χ1n) is 14.5. The van der Waals surface area contributed by atoms with Crippen LogP contribution < -0.4 is 4.90 Å². The molecule has 0 heterocycles. The van der Waals surface area contributed by atoms with Gasteiger partial charge in [0.25, 0.3) is 0 Å². The standard InChI is InChI=1S/C39H40N2O2/c1-27-24-29(25-31(26-40)37(42)43)9-13-30(27)12-8-28-10-18-34(19-11-28)41(35-20-14-32(15-21-35)38(2,3)4)36-22-16-33(17-23-36)39(5,6)7/h8-25H,1-7H3,(H,42,43)/b12-8+,31-25-. The van der Waals surface area contributed by atoms with Crippen LogP contribution in [0.3, 0.4) is 0 Å². The predicted octanol–water partition coefficient (Wildman–Crippen LogP) is 10.2. The molecular formula is C39H40N2O2. The minimum Gasteiger partial charge on any atom is -0.477 e. The van der Waals surface area contributed by atoms with Gasteiger partial charge in [0.05, 0.1) is 0 Å². The van der Waals surface area contributed by atoms with E-state index in [-0.39, 0.29) is 16.4 Å². The van der Waals surface area contributed by atoms with Gasteiger partial charge in [0, 0.05) is 17.1 Å². The van der Waals surface area contributed by atoms with Crippen LogP contribution in [0, 0.1) is 18.3 Å². The van der Waals surface area contributed by atoms with E-state index in [1.165, 1.54) is 17.2 Å². The topological polar surface area (TPSA) is 64.3 Å². The summed E-state index contributed by atoms with van der Waals surface area (Å²) in [6, 6.07) is 33.6. The zero-order chi connectivity index (χ0) is 31.4. The van der Waals surface area contributed by atoms with E-state index in [9.17, 15) is 4.79 Å². The number of aliphatic carboxylic acids is 1. The average Bonchev–Trinajstić information content (AvgIpc) is 2.96. The van der Waals surface area contributed by atoms with Crippen molar-refractivity contribution in [2.45, 2.75) is 59.3 Å². The van der Waals surface area contributed by atoms with E-state index >= 15 is 0 Å². The molecule has 0 saturated carbocycles. The third-order valence-corrected chi connectivity index (χ3v) is 7.55. The number of hydrogen-bond donors (Lipinski definition) is 1. The second-order valence-corrected chi connectivity index (χ2v) is 12.9. The van der Waals surface area contributed by atoms with Crippen molar-refractivity contribution in [2.75, 3.05) is 4.90 Å². The van der Waals surface area contributed by atoms with Crippen LogP contribution in [0.2, 0.25) is 0 Å². The van der Waals surface area contributed by atoms with Crippen molar-refractivity contribution in [1.82, 2.24) is 0 Å². The molecule has 4 aromatic rings. The van der Waals surface area contributed by atoms with Crippen LogP contribution in [0.15, 0.2) is 96.6 Å². The summed E-state index contributed by atoms with van der Waals surface area (Å²) in [4.78, 5) is 13.5. The predicted molar refractivity (Wildman–Crippen MR) is 180 cm³/mol. The van der Waals surface area contributed by atoms with Gasteiger partial charge in [-0.05, 0) is 93.6 Å². The molecule has 0 unspecified atom stereocenters. The van der Waals surface area contributed by atoms with E-state index in [4.69, 9.17) is 10.4 Å². The maximum absolute atomic E-state index is 11.2. The Kier molecular flexibility index (Phi) is 9.07. The minimum absolute atomic E-state index is 0.0825. The molecule has 4 aromatic carbocycles. The summed E-state index contributed by atoms with van der Waals surface area (Å²) in [7, 11) is 0. The number of nitrogens with zero attached hydrogens (tertiary/aromatic N) is 2. The summed E-state index contributed by atoms with van der Waals surface area (Å²) in [6.07, 6.45) is 5.51. The molecule has 0 aliphatic carbocycles. The minimum atomic E-state index is -1.23. The fraction of sp³-hybridized carbons (Fsp3) is 0.231. The van der Waals surface area contributed by atoms with Crippen molar-refractivity contribution < 1.29 is 9.90 Å². The normalized spacial score (nSPS) is 12.3. The van der Waals surface area contributed by atoms with E-state index in [2.05, 4.69) is 131 Å². The Bertz CT molecular complexity index is 1630. The van der Waals surface area contributed by atoms with E-state index in [1.54, 1.807) is 6.07 Å². The van der Waals surface area contributed by atoms with Gasteiger partial charge in [0.15, 0.2) is 0 Å². The number of benzene rings is 4. The molecule has 4 nitrogen and oxygen atoms in total. The maximum Gasteiger partial charge on any atom is 0.346 e. The Labute approximate surface area is 256 Å². The van der Waals surface area contributed by atoms with E-state index in [1.807, 2.05) is 25.1 Å². The quantitative estimate of drug-likeness (QED) is 0.137. The van der Waals surface area contributed by atoms with Gasteiger partial charge >= 0.3 is 5.97 Å². The van der Waals surface area contributed by atoms with E-state index in [0.29, 0.717) is 5.56 Å². The number of rotatable bonds is 7. The lowest BCUT2D eigenvalue weighted by atomic mass is 9.86. The molecule has 0 amide bonds. The average molecular weight is 569 g/mol. The highest BCUT2D eigenvalue weighted by Gasteiger charge is 2.18. The number of nitriles is 1. The smallest absolute Gasteiger partial charge is 0.346 e. The Morgan fingerprint density at radius 3 is 1.53 bits per heavy atom. The molecule has 0 atom stereocenters. The molecule has 0 aliphatic heterocycles. The highest BCUT2D eigenvalue weighted by molar-refractivity contribution is 5.96. The fourth-order valence-corrected chi connectivity index (χ4v) is 4.87. The molecule has 0 saturated heterocycles. The van der Waals surface area contributed by atoms with Crippen molar-refractivity contribution in [3.05, 3.63) is 130 Å². The number of carboxylic acid groups (broad SMARTS) is 1. The first kappa shape index (κ1) is 31.1. The third kappa shape index (κ3) is 7.70. The summed E-state index contributed by atoms with van der Waals surface area (Å²) < 4.78 is 0. The molecule has 0 aliphatic rings. The van der Waals surface area contributed by atoms with Crippen LogP contribution in [-0.4, -0.2) is 11.1 Å². The second kappa shape index (κ2) is 12.5. The first-order chi connectivity index (χ1) is 20.3. The van der Waals surface area contributed by atoms with Crippen LogP contribution in [0.1, 0.15) is 74.9 Å². The van der Waals surface area contributed by atoms with Gasteiger partial charge in [-0.3, -0.25) is 0 Å². The van der Waals surface area contributed by atoms with Gasteiger partial charge < -0.3 is 10.0 Å². The van der Waals surface area contributed by atoms with Crippen molar-refractivity contribution in [3.63, 3.8) is 0 Å². The number of hydrogen-bond acceptors (Lipinski definition) is 3. The van der Waals surface area contributed by atoms with Crippen LogP contribution in [0.25, 0.3) is 18.2 Å². The summed E-state index contributed by atoms with van der Waals surface area (Å²) in [5, 5.41) is 18.2. The fourth-order valence-electron chi connectivity index (χ4n) is 4.87. The Balaban J connectivity index is 1.63. The number of carbonyl (C=O) groups is 1. The van der Waals surface area contributed by atoms with Gasteiger partial charge in [-0.25, -0.2) is 4.79 Å². The summed E-state index contributed by atoms with van der Waals surface area (Å²) in [5.74, 6) is -1.23. The second-order valence-electron chi connectivity index (χ2n) is 12.9.